The van der Waals surface area contributed by atoms with Crippen LogP contribution in [0.25, 0.3) is 0 Å². The summed E-state index contributed by atoms with van der Waals surface area (Å²) in [5.41, 5.74) is 0. The third kappa shape index (κ3) is 12.1. The van der Waals surface area contributed by atoms with E-state index in [9.17, 15) is 21.6 Å². The molecule has 0 rings (SSSR count). The summed E-state index contributed by atoms with van der Waals surface area (Å²) in [4.78, 5) is 0. The molecular formula is C10H21F3N2O2S. The minimum atomic E-state index is -4.33. The number of hydrogen-bond donors (Lipinski definition) is 2. The summed E-state index contributed by atoms with van der Waals surface area (Å²) in [5.74, 6) is -0.134. The van der Waals surface area contributed by atoms with Crippen molar-refractivity contribution in [2.24, 2.45) is 0 Å². The molecule has 4 nitrogen and oxygen atoms in total. The zero-order valence-electron chi connectivity index (χ0n) is 10.7. The number of alkyl halides is 3. The topological polar surface area (TPSA) is 58.2 Å². The third-order valence-electron chi connectivity index (χ3n) is 2.12. The smallest absolute Gasteiger partial charge is 0.315 e. The van der Waals surface area contributed by atoms with Crippen molar-refractivity contribution in [3.05, 3.63) is 0 Å². The Kier molecular flexibility index (Phi) is 7.81. The van der Waals surface area contributed by atoms with Crippen molar-refractivity contribution in [1.29, 1.82) is 0 Å². The minimum Gasteiger partial charge on any atom is -0.315 e. The van der Waals surface area contributed by atoms with Crippen molar-refractivity contribution in [2.75, 3.05) is 18.8 Å². The Morgan fingerprint density at radius 1 is 1.11 bits per heavy atom. The van der Waals surface area contributed by atoms with Crippen LogP contribution in [0.2, 0.25) is 0 Å². The van der Waals surface area contributed by atoms with Crippen LogP contribution in [0.15, 0.2) is 0 Å². The molecule has 0 aliphatic carbocycles. The van der Waals surface area contributed by atoms with E-state index < -0.39 is 29.2 Å². The first-order chi connectivity index (χ1) is 8.12. The summed E-state index contributed by atoms with van der Waals surface area (Å²) in [7, 11) is -3.58. The zero-order valence-corrected chi connectivity index (χ0v) is 11.5. The highest BCUT2D eigenvalue weighted by molar-refractivity contribution is 7.89. The molecule has 110 valence electrons. The van der Waals surface area contributed by atoms with Crippen LogP contribution in [0.1, 0.15) is 33.1 Å². The van der Waals surface area contributed by atoms with Crippen LogP contribution in [0, 0.1) is 0 Å². The lowest BCUT2D eigenvalue weighted by molar-refractivity contribution is -0.132. The Balaban J connectivity index is 3.68. The number of nitrogens with one attached hydrogen (secondary N) is 2. The quantitative estimate of drug-likeness (QED) is 0.635. The number of hydrogen-bond acceptors (Lipinski definition) is 3. The van der Waals surface area contributed by atoms with Crippen LogP contribution in [0.3, 0.4) is 0 Å². The van der Waals surface area contributed by atoms with E-state index >= 15 is 0 Å². The van der Waals surface area contributed by atoms with E-state index in [4.69, 9.17) is 0 Å². The number of unbranched alkanes of at least 4 members (excludes halogenated alkanes) is 1. The van der Waals surface area contributed by atoms with Gasteiger partial charge in [0.2, 0.25) is 10.0 Å². The van der Waals surface area contributed by atoms with Crippen LogP contribution in [0.4, 0.5) is 13.2 Å². The van der Waals surface area contributed by atoms with Gasteiger partial charge in [-0.15, -0.1) is 0 Å². The van der Waals surface area contributed by atoms with Crippen LogP contribution in [-0.4, -0.2) is 39.5 Å². The Bertz CT molecular complexity index is 316. The second-order valence-corrected chi connectivity index (χ2v) is 6.32. The van der Waals surface area contributed by atoms with Crippen molar-refractivity contribution in [3.8, 4) is 0 Å². The molecule has 8 heteroatoms. The molecule has 0 aliphatic rings. The maximum absolute atomic E-state index is 11.8. The van der Waals surface area contributed by atoms with E-state index in [1.807, 2.05) is 18.6 Å². The Morgan fingerprint density at radius 3 is 2.22 bits per heavy atom. The van der Waals surface area contributed by atoms with Crippen LogP contribution < -0.4 is 10.0 Å². The van der Waals surface area contributed by atoms with E-state index in [1.54, 1.807) is 0 Å². The van der Waals surface area contributed by atoms with Gasteiger partial charge < -0.3 is 5.32 Å². The molecule has 0 aromatic rings. The Hall–Kier alpha value is -0.340. The molecule has 0 heterocycles. The van der Waals surface area contributed by atoms with E-state index in [0.29, 0.717) is 25.4 Å². The lowest BCUT2D eigenvalue weighted by Gasteiger charge is -2.09. The van der Waals surface area contributed by atoms with Gasteiger partial charge in [-0.2, -0.15) is 13.2 Å². The Morgan fingerprint density at radius 2 is 1.72 bits per heavy atom. The van der Waals surface area contributed by atoms with Crippen molar-refractivity contribution in [1.82, 2.24) is 10.0 Å². The van der Waals surface area contributed by atoms with Crippen LogP contribution >= 0.6 is 0 Å². The molecule has 0 radical (unpaired) electrons. The molecule has 2 N–H and O–H groups in total. The largest absolute Gasteiger partial charge is 0.390 e. The van der Waals surface area contributed by atoms with Crippen LogP contribution in [-0.2, 0) is 10.0 Å². The second kappa shape index (κ2) is 7.96. The number of rotatable bonds is 9. The van der Waals surface area contributed by atoms with Gasteiger partial charge in [-0.25, -0.2) is 13.1 Å². The average Bonchev–Trinajstić information content (AvgIpc) is 2.13. The molecule has 18 heavy (non-hydrogen) atoms. The first-order valence-electron chi connectivity index (χ1n) is 5.90. The number of sulfonamides is 1. The fraction of sp³-hybridized carbons (Fsp3) is 1.00. The van der Waals surface area contributed by atoms with Gasteiger partial charge in [0.25, 0.3) is 0 Å². The summed E-state index contributed by atoms with van der Waals surface area (Å²) < 4.78 is 60.0. The summed E-state index contributed by atoms with van der Waals surface area (Å²) >= 11 is 0. The molecule has 0 saturated carbocycles. The highest BCUT2D eigenvalue weighted by atomic mass is 32.2. The van der Waals surface area contributed by atoms with Gasteiger partial charge in [0.1, 0.15) is 0 Å². The first kappa shape index (κ1) is 17.7. The van der Waals surface area contributed by atoms with E-state index in [-0.39, 0.29) is 5.75 Å². The number of halogens is 3. The minimum absolute atomic E-state index is 0.134. The monoisotopic (exact) mass is 290 g/mol. The summed E-state index contributed by atoms with van der Waals surface area (Å²) in [6, 6.07) is 0.339. The van der Waals surface area contributed by atoms with Gasteiger partial charge in [0.15, 0.2) is 0 Å². The standard InChI is InChI=1S/C10H21F3N2O2S/c1-9(2)14-6-3-4-8-18(16,17)15-7-5-10(11,12)13/h9,14-15H,3-8H2,1-2H3. The second-order valence-electron chi connectivity index (χ2n) is 4.39. The van der Waals surface area contributed by atoms with Crippen molar-refractivity contribution < 1.29 is 21.6 Å². The predicted molar refractivity (Wildman–Crippen MR) is 64.8 cm³/mol. The van der Waals surface area contributed by atoms with Crippen molar-refractivity contribution in [2.45, 2.75) is 45.3 Å². The molecule has 0 amide bonds. The van der Waals surface area contributed by atoms with Crippen molar-refractivity contribution in [3.63, 3.8) is 0 Å². The molecule has 0 aromatic carbocycles. The highest BCUT2D eigenvalue weighted by Crippen LogP contribution is 2.18. The molecule has 0 aromatic heterocycles. The molecule has 0 fully saturated rings. The van der Waals surface area contributed by atoms with Gasteiger partial charge in [-0.05, 0) is 19.4 Å². The van der Waals surface area contributed by atoms with E-state index in [2.05, 4.69) is 5.32 Å². The first-order valence-corrected chi connectivity index (χ1v) is 7.55. The zero-order chi connectivity index (χ0) is 14.2. The van der Waals surface area contributed by atoms with Gasteiger partial charge in [-0.3, -0.25) is 0 Å². The Labute approximate surface area is 106 Å². The lowest BCUT2D eigenvalue weighted by Crippen LogP contribution is -2.30. The lowest BCUT2D eigenvalue weighted by atomic mass is 10.3. The summed E-state index contributed by atoms with van der Waals surface area (Å²) in [5, 5.41) is 3.13. The molecule has 0 aliphatic heterocycles. The summed E-state index contributed by atoms with van der Waals surface area (Å²) in [6.45, 7) is 4.08. The van der Waals surface area contributed by atoms with E-state index in [0.717, 1.165) is 0 Å². The maximum atomic E-state index is 11.8. The average molecular weight is 290 g/mol. The molecule has 0 unspecified atom stereocenters. The molecule has 0 saturated heterocycles. The third-order valence-corrected chi connectivity index (χ3v) is 3.59. The summed E-state index contributed by atoms with van der Waals surface area (Å²) in [6.07, 6.45) is -4.36. The maximum Gasteiger partial charge on any atom is 0.390 e. The van der Waals surface area contributed by atoms with Crippen LogP contribution in [0.5, 0.6) is 0 Å². The normalized spacial score (nSPS) is 13.2. The molecule has 0 spiro atoms. The molecule has 0 bridgehead atoms. The molecular weight excluding hydrogens is 269 g/mol. The van der Waals surface area contributed by atoms with Gasteiger partial charge in [0.05, 0.1) is 12.2 Å². The highest BCUT2D eigenvalue weighted by Gasteiger charge is 2.27. The van der Waals surface area contributed by atoms with E-state index in [1.165, 1.54) is 0 Å². The van der Waals surface area contributed by atoms with Crippen molar-refractivity contribution >= 4 is 10.0 Å². The van der Waals surface area contributed by atoms with Gasteiger partial charge >= 0.3 is 6.18 Å². The fourth-order valence-electron chi connectivity index (χ4n) is 1.23. The van der Waals surface area contributed by atoms with Gasteiger partial charge in [0, 0.05) is 12.6 Å². The fourth-order valence-corrected chi connectivity index (χ4v) is 2.37. The molecule has 0 atom stereocenters. The SMILES string of the molecule is CC(C)NCCCCS(=O)(=O)NCCC(F)(F)F. The predicted octanol–water partition coefficient (Wildman–Crippen LogP) is 1.64. The van der Waals surface area contributed by atoms with Gasteiger partial charge in [-0.1, -0.05) is 13.8 Å².